The third kappa shape index (κ3) is 2.74. The SMILES string of the molecule is N#C[C@H](C(=O)CN1C(=O)[C@H]2CCCC[C@@H]2C1=O)c1ccccn1. The number of hydrogen-bond donors (Lipinski definition) is 0. The highest BCUT2D eigenvalue weighted by molar-refractivity contribution is 6.08. The van der Waals surface area contributed by atoms with Gasteiger partial charge in [0.15, 0.2) is 5.78 Å². The average Bonchev–Trinajstić information content (AvgIpc) is 2.82. The third-order valence-electron chi connectivity index (χ3n) is 4.68. The maximum Gasteiger partial charge on any atom is 0.233 e. The fourth-order valence-corrected chi connectivity index (χ4v) is 3.48. The van der Waals surface area contributed by atoms with Gasteiger partial charge < -0.3 is 0 Å². The van der Waals surface area contributed by atoms with E-state index in [-0.39, 0.29) is 30.2 Å². The highest BCUT2D eigenvalue weighted by atomic mass is 16.2. The van der Waals surface area contributed by atoms with Crippen LogP contribution in [0.4, 0.5) is 0 Å². The molecular weight excluding hydrogens is 294 g/mol. The Balaban J connectivity index is 1.76. The van der Waals surface area contributed by atoms with E-state index in [2.05, 4.69) is 4.98 Å². The van der Waals surface area contributed by atoms with Gasteiger partial charge in [-0.25, -0.2) is 0 Å². The molecule has 3 atom stereocenters. The number of carbonyl (C=O) groups is 3. The minimum Gasteiger partial charge on any atom is -0.296 e. The standard InChI is InChI=1S/C17H17N3O3/c18-9-13(14-7-3-4-8-19-14)15(21)10-20-16(22)11-5-1-2-6-12(11)17(20)23/h3-4,7-8,11-13H,1-2,5-6,10H2/t11-,12-,13-/m0/s1. The second kappa shape index (κ2) is 6.29. The number of hydrogen-bond acceptors (Lipinski definition) is 5. The van der Waals surface area contributed by atoms with Crippen LogP contribution in [0.2, 0.25) is 0 Å². The number of Topliss-reactive ketones (excluding diaryl/α,β-unsaturated/α-hetero) is 1. The topological polar surface area (TPSA) is 91.1 Å². The molecule has 1 aromatic heterocycles. The van der Waals surface area contributed by atoms with Gasteiger partial charge >= 0.3 is 0 Å². The van der Waals surface area contributed by atoms with Crippen LogP contribution in [-0.2, 0) is 14.4 Å². The number of carbonyl (C=O) groups excluding carboxylic acids is 3. The molecule has 0 spiro atoms. The number of aromatic nitrogens is 1. The van der Waals surface area contributed by atoms with Gasteiger partial charge in [-0.05, 0) is 25.0 Å². The van der Waals surface area contributed by atoms with Gasteiger partial charge in [-0.3, -0.25) is 24.3 Å². The van der Waals surface area contributed by atoms with Crippen LogP contribution >= 0.6 is 0 Å². The molecule has 1 aromatic rings. The van der Waals surface area contributed by atoms with Crippen LogP contribution in [0, 0.1) is 23.2 Å². The summed E-state index contributed by atoms with van der Waals surface area (Å²) in [5.74, 6) is -2.60. The predicted molar refractivity (Wildman–Crippen MR) is 79.8 cm³/mol. The molecule has 0 aromatic carbocycles. The lowest BCUT2D eigenvalue weighted by Gasteiger charge is -2.19. The van der Waals surface area contributed by atoms with Gasteiger partial charge in [-0.2, -0.15) is 5.26 Å². The van der Waals surface area contributed by atoms with Crippen molar-refractivity contribution in [2.45, 2.75) is 31.6 Å². The van der Waals surface area contributed by atoms with Crippen molar-refractivity contribution in [3.05, 3.63) is 30.1 Å². The molecule has 2 aliphatic rings. The maximum atomic E-state index is 12.4. The first-order chi connectivity index (χ1) is 11.1. The molecule has 0 unspecified atom stereocenters. The molecule has 1 aliphatic carbocycles. The molecular formula is C17H17N3O3. The fraction of sp³-hybridized carbons (Fsp3) is 0.471. The number of likely N-dealkylation sites (tertiary alicyclic amines) is 1. The summed E-state index contributed by atoms with van der Waals surface area (Å²) in [7, 11) is 0. The highest BCUT2D eigenvalue weighted by Gasteiger charge is 2.48. The van der Waals surface area contributed by atoms with Gasteiger partial charge in [-0.15, -0.1) is 0 Å². The van der Waals surface area contributed by atoms with E-state index in [1.807, 2.05) is 6.07 Å². The summed E-state index contributed by atoms with van der Waals surface area (Å²) < 4.78 is 0. The first-order valence-electron chi connectivity index (χ1n) is 7.82. The second-order valence-corrected chi connectivity index (χ2v) is 6.04. The molecule has 118 valence electrons. The molecule has 0 N–H and O–H groups in total. The molecule has 2 amide bonds. The minimum absolute atomic E-state index is 0.259. The van der Waals surface area contributed by atoms with Gasteiger partial charge in [0.25, 0.3) is 0 Å². The molecule has 2 fully saturated rings. The van der Waals surface area contributed by atoms with Crippen molar-refractivity contribution in [2.24, 2.45) is 11.8 Å². The zero-order chi connectivity index (χ0) is 16.4. The number of ketones is 1. The van der Waals surface area contributed by atoms with Crippen molar-refractivity contribution in [3.63, 3.8) is 0 Å². The molecule has 0 bridgehead atoms. The van der Waals surface area contributed by atoms with E-state index < -0.39 is 11.7 Å². The lowest BCUT2D eigenvalue weighted by atomic mass is 9.81. The lowest BCUT2D eigenvalue weighted by Crippen LogP contribution is -2.37. The number of pyridine rings is 1. The Kier molecular flexibility index (Phi) is 4.20. The number of imide groups is 1. The van der Waals surface area contributed by atoms with Crippen LogP contribution in [0.5, 0.6) is 0 Å². The molecule has 0 radical (unpaired) electrons. The van der Waals surface area contributed by atoms with E-state index in [9.17, 15) is 19.6 Å². The Bertz CT molecular complexity index is 656. The summed E-state index contributed by atoms with van der Waals surface area (Å²) in [6.07, 6.45) is 4.81. The summed E-state index contributed by atoms with van der Waals surface area (Å²) in [6, 6.07) is 6.91. The molecule has 23 heavy (non-hydrogen) atoms. The monoisotopic (exact) mass is 311 g/mol. The van der Waals surface area contributed by atoms with Gasteiger partial charge in [0.05, 0.1) is 30.1 Å². The normalized spacial score (nSPS) is 24.9. The molecule has 1 aliphatic heterocycles. The molecule has 1 saturated heterocycles. The zero-order valence-electron chi connectivity index (χ0n) is 12.6. The Morgan fingerprint density at radius 1 is 1.26 bits per heavy atom. The van der Waals surface area contributed by atoms with Crippen LogP contribution in [-0.4, -0.2) is 34.0 Å². The first-order valence-corrected chi connectivity index (χ1v) is 7.82. The van der Waals surface area contributed by atoms with Crippen LogP contribution < -0.4 is 0 Å². The number of rotatable bonds is 4. The van der Waals surface area contributed by atoms with Gasteiger partial charge in [0.1, 0.15) is 5.92 Å². The summed E-state index contributed by atoms with van der Waals surface area (Å²) in [4.78, 5) is 42.3. The molecule has 3 rings (SSSR count). The van der Waals surface area contributed by atoms with Crippen molar-refractivity contribution in [2.75, 3.05) is 6.54 Å². The van der Waals surface area contributed by atoms with E-state index in [4.69, 9.17) is 0 Å². The van der Waals surface area contributed by atoms with E-state index in [1.54, 1.807) is 18.2 Å². The van der Waals surface area contributed by atoms with Gasteiger partial charge in [0.2, 0.25) is 11.8 Å². The molecule has 2 heterocycles. The number of nitriles is 1. The molecule has 1 saturated carbocycles. The fourth-order valence-electron chi connectivity index (χ4n) is 3.48. The number of fused-ring (bicyclic) bond motifs is 1. The van der Waals surface area contributed by atoms with Crippen molar-refractivity contribution in [1.29, 1.82) is 5.26 Å². The highest BCUT2D eigenvalue weighted by Crippen LogP contribution is 2.38. The van der Waals surface area contributed by atoms with Gasteiger partial charge in [0, 0.05) is 6.20 Å². The van der Waals surface area contributed by atoms with E-state index in [0.717, 1.165) is 17.7 Å². The molecule has 6 nitrogen and oxygen atoms in total. The van der Waals surface area contributed by atoms with Crippen LogP contribution in [0.1, 0.15) is 37.3 Å². The molecule has 6 heteroatoms. The van der Waals surface area contributed by atoms with Crippen LogP contribution in [0.25, 0.3) is 0 Å². The minimum atomic E-state index is -1.06. The quantitative estimate of drug-likeness (QED) is 0.785. The summed E-state index contributed by atoms with van der Waals surface area (Å²) >= 11 is 0. The van der Waals surface area contributed by atoms with Crippen LogP contribution in [0.3, 0.4) is 0 Å². The van der Waals surface area contributed by atoms with Crippen molar-refractivity contribution in [1.82, 2.24) is 9.88 Å². The summed E-state index contributed by atoms with van der Waals surface area (Å²) in [5.41, 5.74) is 0.344. The Labute approximate surface area is 134 Å². The van der Waals surface area contributed by atoms with E-state index in [0.29, 0.717) is 18.5 Å². The third-order valence-corrected chi connectivity index (χ3v) is 4.68. The smallest absolute Gasteiger partial charge is 0.233 e. The second-order valence-electron chi connectivity index (χ2n) is 6.04. The number of amides is 2. The largest absolute Gasteiger partial charge is 0.296 e. The van der Waals surface area contributed by atoms with Crippen molar-refractivity contribution in [3.8, 4) is 6.07 Å². The predicted octanol–water partition coefficient (Wildman–Crippen LogP) is 1.43. The maximum absolute atomic E-state index is 12.4. The first kappa shape index (κ1) is 15.3. The Hall–Kier alpha value is -2.55. The summed E-state index contributed by atoms with van der Waals surface area (Å²) in [6.45, 7) is -0.334. The lowest BCUT2D eigenvalue weighted by molar-refractivity contribution is -0.143. The van der Waals surface area contributed by atoms with E-state index >= 15 is 0 Å². The van der Waals surface area contributed by atoms with E-state index in [1.165, 1.54) is 6.20 Å². The van der Waals surface area contributed by atoms with Gasteiger partial charge in [-0.1, -0.05) is 18.9 Å². The zero-order valence-corrected chi connectivity index (χ0v) is 12.6. The Morgan fingerprint density at radius 2 is 1.91 bits per heavy atom. The van der Waals surface area contributed by atoms with Crippen LogP contribution in [0.15, 0.2) is 24.4 Å². The Morgan fingerprint density at radius 3 is 2.43 bits per heavy atom. The average molecular weight is 311 g/mol. The van der Waals surface area contributed by atoms with Crippen molar-refractivity contribution < 1.29 is 14.4 Å². The number of nitrogens with zero attached hydrogens (tertiary/aromatic N) is 3. The van der Waals surface area contributed by atoms with Crippen molar-refractivity contribution >= 4 is 17.6 Å². The summed E-state index contributed by atoms with van der Waals surface area (Å²) in [5, 5.41) is 9.26.